The Bertz CT molecular complexity index is 720. The number of nitro benzene ring substituents is 1. The molecule has 0 saturated carbocycles. The summed E-state index contributed by atoms with van der Waals surface area (Å²) in [5, 5.41) is 12.9. The van der Waals surface area contributed by atoms with E-state index in [2.05, 4.69) is 21.2 Å². The van der Waals surface area contributed by atoms with Crippen molar-refractivity contribution in [3.63, 3.8) is 0 Å². The minimum atomic E-state index is -1.38. The minimum absolute atomic E-state index is 0.342. The van der Waals surface area contributed by atoms with Gasteiger partial charge in [0.15, 0.2) is 0 Å². The molecule has 1 amide bonds. The van der Waals surface area contributed by atoms with Gasteiger partial charge in [0.1, 0.15) is 5.82 Å². The van der Waals surface area contributed by atoms with Gasteiger partial charge in [-0.2, -0.15) is 4.39 Å². The quantitative estimate of drug-likeness (QED) is 0.669. The average Bonchev–Trinajstić information content (AvgIpc) is 2.43. The van der Waals surface area contributed by atoms with Crippen LogP contribution < -0.4 is 5.32 Å². The Morgan fingerprint density at radius 1 is 1.19 bits per heavy atom. The molecular weight excluding hydrogens is 350 g/mol. The first-order chi connectivity index (χ1) is 9.88. The second-order valence-electron chi connectivity index (χ2n) is 4.00. The first kappa shape index (κ1) is 15.0. The number of hydrogen-bond donors (Lipinski definition) is 1. The highest BCUT2D eigenvalue weighted by molar-refractivity contribution is 9.10. The van der Waals surface area contributed by atoms with E-state index in [1.807, 2.05) is 0 Å². The maximum absolute atomic E-state index is 13.8. The van der Waals surface area contributed by atoms with E-state index in [1.165, 1.54) is 12.1 Å². The van der Waals surface area contributed by atoms with Crippen LogP contribution in [0.25, 0.3) is 0 Å². The van der Waals surface area contributed by atoms with Crippen LogP contribution in [-0.2, 0) is 0 Å². The molecule has 0 aliphatic carbocycles. The molecule has 0 aromatic heterocycles. The van der Waals surface area contributed by atoms with Gasteiger partial charge in [-0.25, -0.2) is 4.39 Å². The maximum atomic E-state index is 13.8. The van der Waals surface area contributed by atoms with Crippen molar-refractivity contribution in [2.75, 3.05) is 5.32 Å². The minimum Gasteiger partial charge on any atom is -0.322 e. The molecule has 0 atom stereocenters. The topological polar surface area (TPSA) is 72.2 Å². The lowest BCUT2D eigenvalue weighted by Gasteiger charge is -2.06. The molecule has 0 aliphatic rings. The standard InChI is InChI=1S/C13H7BrF2N2O3/c14-7-1-3-9(4-2-7)17-13(19)10-5-8(15)6-11(12(10)16)18(20)21/h1-6H,(H,17,19). The van der Waals surface area contributed by atoms with Crippen LogP contribution in [-0.4, -0.2) is 10.8 Å². The first-order valence-corrected chi connectivity index (χ1v) is 6.38. The summed E-state index contributed by atoms with van der Waals surface area (Å²) >= 11 is 3.21. The third kappa shape index (κ3) is 3.40. The molecule has 8 heteroatoms. The summed E-state index contributed by atoms with van der Waals surface area (Å²) < 4.78 is 27.9. The molecule has 5 nitrogen and oxygen atoms in total. The normalized spacial score (nSPS) is 10.2. The fourth-order valence-electron chi connectivity index (χ4n) is 1.60. The van der Waals surface area contributed by atoms with Crippen LogP contribution >= 0.6 is 15.9 Å². The molecule has 1 N–H and O–H groups in total. The molecule has 21 heavy (non-hydrogen) atoms. The molecule has 108 valence electrons. The van der Waals surface area contributed by atoms with Crippen LogP contribution in [0.5, 0.6) is 0 Å². The zero-order chi connectivity index (χ0) is 15.6. The van der Waals surface area contributed by atoms with E-state index in [-0.39, 0.29) is 0 Å². The summed E-state index contributed by atoms with van der Waals surface area (Å²) in [6, 6.07) is 7.38. The summed E-state index contributed by atoms with van der Waals surface area (Å²) in [5.41, 5.74) is -1.48. The van der Waals surface area contributed by atoms with E-state index in [0.29, 0.717) is 17.8 Å². The second kappa shape index (κ2) is 5.96. The third-order valence-corrected chi connectivity index (χ3v) is 3.09. The summed E-state index contributed by atoms with van der Waals surface area (Å²) in [6.07, 6.45) is 0. The number of nitrogens with zero attached hydrogens (tertiary/aromatic N) is 1. The van der Waals surface area contributed by atoms with Crippen molar-refractivity contribution in [3.05, 3.63) is 68.2 Å². The van der Waals surface area contributed by atoms with Crippen LogP contribution in [0.2, 0.25) is 0 Å². The Kier molecular flexibility index (Phi) is 4.27. The predicted molar refractivity (Wildman–Crippen MR) is 75.1 cm³/mol. The van der Waals surface area contributed by atoms with Gasteiger partial charge in [-0.1, -0.05) is 15.9 Å². The smallest absolute Gasteiger partial charge is 0.308 e. The van der Waals surface area contributed by atoms with Gasteiger partial charge >= 0.3 is 5.69 Å². The molecule has 0 unspecified atom stereocenters. The number of benzene rings is 2. The van der Waals surface area contributed by atoms with Crippen LogP contribution in [0.1, 0.15) is 10.4 Å². The summed E-state index contributed by atoms with van der Waals surface area (Å²) in [4.78, 5) is 21.4. The van der Waals surface area contributed by atoms with Crippen molar-refractivity contribution in [2.45, 2.75) is 0 Å². The van der Waals surface area contributed by atoms with Crippen LogP contribution in [0.15, 0.2) is 40.9 Å². The zero-order valence-corrected chi connectivity index (χ0v) is 11.9. The molecule has 0 bridgehead atoms. The van der Waals surface area contributed by atoms with E-state index in [1.54, 1.807) is 12.1 Å². The largest absolute Gasteiger partial charge is 0.322 e. The van der Waals surface area contributed by atoms with Gasteiger partial charge in [0.25, 0.3) is 5.91 Å². The highest BCUT2D eigenvalue weighted by Gasteiger charge is 2.24. The van der Waals surface area contributed by atoms with Gasteiger partial charge in [0.2, 0.25) is 5.82 Å². The fraction of sp³-hybridized carbons (Fsp3) is 0. The molecule has 0 saturated heterocycles. The van der Waals surface area contributed by atoms with Crippen molar-refractivity contribution in [1.82, 2.24) is 0 Å². The number of nitro groups is 1. The Morgan fingerprint density at radius 2 is 1.81 bits per heavy atom. The lowest BCUT2D eigenvalue weighted by molar-refractivity contribution is -0.387. The number of carbonyl (C=O) groups is 1. The summed E-state index contributed by atoms with van der Waals surface area (Å²) in [7, 11) is 0. The van der Waals surface area contributed by atoms with Crippen molar-refractivity contribution in [1.29, 1.82) is 0 Å². The maximum Gasteiger partial charge on any atom is 0.308 e. The van der Waals surface area contributed by atoms with Gasteiger partial charge < -0.3 is 5.32 Å². The Labute approximate surface area is 125 Å². The Balaban J connectivity index is 2.35. The Hall–Kier alpha value is -2.35. The first-order valence-electron chi connectivity index (χ1n) is 5.59. The van der Waals surface area contributed by atoms with E-state index in [4.69, 9.17) is 0 Å². The van der Waals surface area contributed by atoms with Crippen LogP contribution in [0.3, 0.4) is 0 Å². The monoisotopic (exact) mass is 356 g/mol. The summed E-state index contributed by atoms with van der Waals surface area (Å²) in [6.45, 7) is 0. The number of carbonyl (C=O) groups excluding carboxylic acids is 1. The van der Waals surface area contributed by atoms with Gasteiger partial charge in [-0.3, -0.25) is 14.9 Å². The lowest BCUT2D eigenvalue weighted by atomic mass is 10.1. The molecule has 2 rings (SSSR count). The van der Waals surface area contributed by atoms with Gasteiger partial charge in [-0.05, 0) is 30.3 Å². The number of hydrogen-bond acceptors (Lipinski definition) is 3. The van der Waals surface area contributed by atoms with E-state index in [9.17, 15) is 23.7 Å². The summed E-state index contributed by atoms with van der Waals surface area (Å²) in [5.74, 6) is -3.42. The van der Waals surface area contributed by atoms with Gasteiger partial charge in [0, 0.05) is 10.2 Å². The molecule has 0 heterocycles. The molecule has 2 aromatic carbocycles. The third-order valence-electron chi connectivity index (χ3n) is 2.56. The van der Waals surface area contributed by atoms with Crippen molar-refractivity contribution < 1.29 is 18.5 Å². The van der Waals surface area contributed by atoms with Crippen LogP contribution in [0.4, 0.5) is 20.2 Å². The average molecular weight is 357 g/mol. The molecule has 0 radical (unpaired) electrons. The van der Waals surface area contributed by atoms with Crippen LogP contribution in [0, 0.1) is 21.7 Å². The number of amides is 1. The second-order valence-corrected chi connectivity index (χ2v) is 4.92. The van der Waals surface area contributed by atoms with Gasteiger partial charge in [0.05, 0.1) is 16.6 Å². The lowest BCUT2D eigenvalue weighted by Crippen LogP contribution is -2.15. The number of nitrogens with one attached hydrogen (secondary N) is 1. The van der Waals surface area contributed by atoms with E-state index in [0.717, 1.165) is 4.47 Å². The molecule has 2 aromatic rings. The van der Waals surface area contributed by atoms with Crippen molar-refractivity contribution >= 4 is 33.2 Å². The van der Waals surface area contributed by atoms with Crippen molar-refractivity contribution in [3.8, 4) is 0 Å². The molecule has 0 fully saturated rings. The molecule has 0 aliphatic heterocycles. The molecule has 0 spiro atoms. The fourth-order valence-corrected chi connectivity index (χ4v) is 1.87. The number of halogens is 3. The predicted octanol–water partition coefficient (Wildman–Crippen LogP) is 3.89. The number of anilines is 1. The van der Waals surface area contributed by atoms with E-state index >= 15 is 0 Å². The SMILES string of the molecule is O=C(Nc1ccc(Br)cc1)c1cc(F)cc([N+](=O)[O-])c1F. The highest BCUT2D eigenvalue weighted by atomic mass is 79.9. The zero-order valence-electron chi connectivity index (χ0n) is 10.3. The highest BCUT2D eigenvalue weighted by Crippen LogP contribution is 2.23. The van der Waals surface area contributed by atoms with E-state index < -0.39 is 33.7 Å². The van der Waals surface area contributed by atoms with Crippen molar-refractivity contribution in [2.24, 2.45) is 0 Å². The molecular formula is C13H7BrF2N2O3. The Morgan fingerprint density at radius 3 is 2.38 bits per heavy atom. The number of rotatable bonds is 3. The van der Waals surface area contributed by atoms with Gasteiger partial charge in [-0.15, -0.1) is 0 Å².